The van der Waals surface area contributed by atoms with E-state index in [9.17, 15) is 18.3 Å². The van der Waals surface area contributed by atoms with Crippen LogP contribution in [0.15, 0.2) is 65.6 Å². The number of carboxylic acid groups (broad SMARTS) is 1. The predicted molar refractivity (Wildman–Crippen MR) is 112 cm³/mol. The summed E-state index contributed by atoms with van der Waals surface area (Å²) >= 11 is 0. The summed E-state index contributed by atoms with van der Waals surface area (Å²) in [5, 5.41) is 9.54. The first-order valence-corrected chi connectivity index (χ1v) is 10.8. The van der Waals surface area contributed by atoms with Crippen molar-refractivity contribution in [1.82, 2.24) is 9.97 Å². The molecule has 29 heavy (non-hydrogen) atoms. The molecular weight excluding hydrogens is 388 g/mol. The molecule has 0 fully saturated rings. The number of H-pyrrole nitrogens is 1. The standard InChI is InChI=1S/C22H18N2O4S/c1-13-23-20-12-17(11-19(22(25)26)21(20)24-13)16-5-3-14(4-6-16)15-7-9-18(10-8-15)29(2,27)28/h3-12H,1-2H3,(H,23,24)(H,25,26). The second-order valence-electron chi connectivity index (χ2n) is 6.92. The molecule has 4 aromatic rings. The number of aromatic amines is 1. The van der Waals surface area contributed by atoms with Crippen LogP contribution < -0.4 is 0 Å². The Hall–Kier alpha value is -3.45. The number of nitrogens with one attached hydrogen (secondary N) is 1. The van der Waals surface area contributed by atoms with E-state index >= 15 is 0 Å². The lowest BCUT2D eigenvalue weighted by Crippen LogP contribution is -1.98. The third-order valence-electron chi connectivity index (χ3n) is 4.77. The fourth-order valence-corrected chi connectivity index (χ4v) is 3.95. The van der Waals surface area contributed by atoms with Gasteiger partial charge in [-0.05, 0) is 53.4 Å². The molecule has 4 rings (SSSR count). The predicted octanol–water partition coefficient (Wildman–Crippen LogP) is 4.31. The van der Waals surface area contributed by atoms with E-state index in [2.05, 4.69) is 9.97 Å². The molecule has 0 spiro atoms. The van der Waals surface area contributed by atoms with Crippen LogP contribution in [0.3, 0.4) is 0 Å². The smallest absolute Gasteiger partial charge is 0.337 e. The Kier molecular flexibility index (Phi) is 4.47. The number of rotatable bonds is 4. The summed E-state index contributed by atoms with van der Waals surface area (Å²) < 4.78 is 23.2. The Balaban J connectivity index is 1.72. The number of aromatic nitrogens is 2. The Bertz CT molecular complexity index is 1340. The molecule has 6 nitrogen and oxygen atoms in total. The van der Waals surface area contributed by atoms with Crippen LogP contribution in [-0.4, -0.2) is 35.7 Å². The molecule has 0 saturated carbocycles. The normalized spacial score (nSPS) is 11.7. The maximum atomic E-state index is 11.6. The fourth-order valence-electron chi connectivity index (χ4n) is 3.32. The number of fused-ring (bicyclic) bond motifs is 1. The van der Waals surface area contributed by atoms with Gasteiger partial charge in [0.15, 0.2) is 9.84 Å². The molecule has 0 amide bonds. The van der Waals surface area contributed by atoms with Gasteiger partial charge in [0, 0.05) is 6.26 Å². The fraction of sp³-hybridized carbons (Fsp3) is 0.0909. The average Bonchev–Trinajstić information content (AvgIpc) is 3.06. The Morgan fingerprint density at radius 3 is 1.93 bits per heavy atom. The van der Waals surface area contributed by atoms with Crippen molar-refractivity contribution in [2.75, 3.05) is 6.26 Å². The van der Waals surface area contributed by atoms with Crippen LogP contribution in [0.2, 0.25) is 0 Å². The zero-order chi connectivity index (χ0) is 20.8. The molecule has 0 saturated heterocycles. The average molecular weight is 406 g/mol. The molecule has 7 heteroatoms. The van der Waals surface area contributed by atoms with Gasteiger partial charge in [-0.15, -0.1) is 0 Å². The van der Waals surface area contributed by atoms with Crippen LogP contribution in [-0.2, 0) is 9.84 Å². The van der Waals surface area contributed by atoms with Gasteiger partial charge in [0.25, 0.3) is 0 Å². The second kappa shape index (κ2) is 6.86. The van der Waals surface area contributed by atoms with E-state index in [0.29, 0.717) is 16.9 Å². The zero-order valence-electron chi connectivity index (χ0n) is 15.8. The lowest BCUT2D eigenvalue weighted by atomic mass is 9.98. The van der Waals surface area contributed by atoms with Crippen molar-refractivity contribution in [2.24, 2.45) is 0 Å². The first kappa shape index (κ1) is 18.9. The zero-order valence-corrected chi connectivity index (χ0v) is 16.6. The van der Waals surface area contributed by atoms with E-state index in [4.69, 9.17) is 0 Å². The number of hydrogen-bond donors (Lipinski definition) is 2. The van der Waals surface area contributed by atoms with Gasteiger partial charge in [-0.1, -0.05) is 36.4 Å². The molecule has 146 valence electrons. The summed E-state index contributed by atoms with van der Waals surface area (Å²) in [7, 11) is -3.23. The van der Waals surface area contributed by atoms with Crippen molar-refractivity contribution >= 4 is 26.8 Å². The number of sulfone groups is 1. The summed E-state index contributed by atoms with van der Waals surface area (Å²) in [6.07, 6.45) is 1.18. The maximum Gasteiger partial charge on any atom is 0.337 e. The number of hydrogen-bond acceptors (Lipinski definition) is 4. The first-order chi connectivity index (χ1) is 13.7. The summed E-state index contributed by atoms with van der Waals surface area (Å²) in [5.41, 5.74) is 4.76. The quantitative estimate of drug-likeness (QED) is 0.526. The molecule has 3 aromatic carbocycles. The van der Waals surface area contributed by atoms with Gasteiger partial charge < -0.3 is 10.1 Å². The van der Waals surface area contributed by atoms with E-state index in [-0.39, 0.29) is 10.5 Å². The van der Waals surface area contributed by atoms with E-state index in [1.165, 1.54) is 6.26 Å². The van der Waals surface area contributed by atoms with E-state index in [1.54, 1.807) is 37.3 Å². The highest BCUT2D eigenvalue weighted by Gasteiger charge is 2.15. The summed E-state index contributed by atoms with van der Waals surface area (Å²) in [6.45, 7) is 1.79. The van der Waals surface area contributed by atoms with Crippen LogP contribution in [0.25, 0.3) is 33.3 Å². The number of nitrogens with zero attached hydrogens (tertiary/aromatic N) is 1. The lowest BCUT2D eigenvalue weighted by Gasteiger charge is -2.07. The molecule has 0 atom stereocenters. The van der Waals surface area contributed by atoms with Crippen molar-refractivity contribution in [3.8, 4) is 22.3 Å². The van der Waals surface area contributed by atoms with Crippen LogP contribution in [0, 0.1) is 6.92 Å². The van der Waals surface area contributed by atoms with Gasteiger partial charge >= 0.3 is 5.97 Å². The van der Waals surface area contributed by atoms with Crippen LogP contribution in [0.5, 0.6) is 0 Å². The highest BCUT2D eigenvalue weighted by atomic mass is 32.2. The van der Waals surface area contributed by atoms with Crippen molar-refractivity contribution in [1.29, 1.82) is 0 Å². The molecule has 0 aliphatic rings. The molecule has 0 bridgehead atoms. The third kappa shape index (κ3) is 3.64. The van der Waals surface area contributed by atoms with Gasteiger partial charge in [-0.2, -0.15) is 0 Å². The number of carbonyl (C=O) groups is 1. The minimum absolute atomic E-state index is 0.155. The topological polar surface area (TPSA) is 100 Å². The minimum Gasteiger partial charge on any atom is -0.478 e. The van der Waals surface area contributed by atoms with E-state index < -0.39 is 15.8 Å². The third-order valence-corrected chi connectivity index (χ3v) is 5.90. The SMILES string of the molecule is Cc1nc2c(C(=O)O)cc(-c3ccc(-c4ccc(S(C)(=O)=O)cc4)cc3)cc2[nH]1. The number of imidazole rings is 1. The highest BCUT2D eigenvalue weighted by molar-refractivity contribution is 7.90. The van der Waals surface area contributed by atoms with E-state index in [1.807, 2.05) is 30.3 Å². The molecule has 0 aliphatic heterocycles. The number of aromatic carboxylic acids is 1. The van der Waals surface area contributed by atoms with E-state index in [0.717, 1.165) is 22.3 Å². The number of benzene rings is 3. The lowest BCUT2D eigenvalue weighted by molar-refractivity contribution is 0.0699. The van der Waals surface area contributed by atoms with Crippen LogP contribution >= 0.6 is 0 Å². The second-order valence-corrected chi connectivity index (χ2v) is 8.94. The van der Waals surface area contributed by atoms with Gasteiger partial charge in [0.1, 0.15) is 11.3 Å². The molecule has 0 radical (unpaired) electrons. The van der Waals surface area contributed by atoms with Crippen molar-refractivity contribution < 1.29 is 18.3 Å². The van der Waals surface area contributed by atoms with Gasteiger partial charge in [-0.3, -0.25) is 0 Å². The molecular formula is C22H18N2O4S. The Morgan fingerprint density at radius 2 is 1.41 bits per heavy atom. The van der Waals surface area contributed by atoms with Gasteiger partial charge in [0.2, 0.25) is 0 Å². The van der Waals surface area contributed by atoms with Crippen LogP contribution in [0.1, 0.15) is 16.2 Å². The Morgan fingerprint density at radius 1 is 0.897 bits per heavy atom. The van der Waals surface area contributed by atoms with Crippen molar-refractivity contribution in [3.05, 3.63) is 72.1 Å². The maximum absolute atomic E-state index is 11.6. The minimum atomic E-state index is -3.23. The van der Waals surface area contributed by atoms with Crippen molar-refractivity contribution in [2.45, 2.75) is 11.8 Å². The Labute approximate surface area is 167 Å². The number of carboxylic acids is 1. The monoisotopic (exact) mass is 406 g/mol. The van der Waals surface area contributed by atoms with Crippen LogP contribution in [0.4, 0.5) is 0 Å². The van der Waals surface area contributed by atoms with Gasteiger partial charge in [0.05, 0.1) is 16.0 Å². The summed E-state index contributed by atoms with van der Waals surface area (Å²) in [5.74, 6) is -0.363. The molecule has 1 heterocycles. The largest absolute Gasteiger partial charge is 0.478 e. The number of aryl methyl sites for hydroxylation is 1. The summed E-state index contributed by atoms with van der Waals surface area (Å²) in [4.78, 5) is 19.3. The molecule has 0 unspecified atom stereocenters. The molecule has 0 aliphatic carbocycles. The summed E-state index contributed by atoms with van der Waals surface area (Å²) in [6, 6.07) is 17.9. The highest BCUT2D eigenvalue weighted by Crippen LogP contribution is 2.29. The first-order valence-electron chi connectivity index (χ1n) is 8.87. The van der Waals surface area contributed by atoms with Gasteiger partial charge in [-0.25, -0.2) is 18.2 Å². The molecule has 1 aromatic heterocycles. The van der Waals surface area contributed by atoms with Crippen molar-refractivity contribution in [3.63, 3.8) is 0 Å². The molecule has 2 N–H and O–H groups in total.